The van der Waals surface area contributed by atoms with Crippen molar-refractivity contribution < 1.29 is 19.3 Å². The van der Waals surface area contributed by atoms with Crippen LogP contribution in [0, 0.1) is 5.82 Å². The van der Waals surface area contributed by atoms with Gasteiger partial charge in [0.25, 0.3) is 0 Å². The lowest BCUT2D eigenvalue weighted by atomic mass is 10.1. The number of aliphatic hydroxyl groups is 1. The molecule has 0 bridgehead atoms. The largest absolute Gasteiger partial charge is 0.505 e. The second-order valence-corrected chi connectivity index (χ2v) is 2.83. The fraction of sp³-hybridized carbons (Fsp3) is 0.333. The average molecular weight is 201 g/mol. The monoisotopic (exact) mass is 201 g/mol. The van der Waals surface area contributed by atoms with E-state index < -0.39 is 17.6 Å². The second-order valence-electron chi connectivity index (χ2n) is 2.83. The second kappa shape index (κ2) is 4.26. The lowest BCUT2D eigenvalue weighted by Gasteiger charge is -2.13. The zero-order chi connectivity index (χ0) is 10.7. The summed E-state index contributed by atoms with van der Waals surface area (Å²) in [6.07, 6.45) is 0. The Bertz CT molecular complexity index is 330. The Kier molecular flexibility index (Phi) is 3.27. The van der Waals surface area contributed by atoms with Crippen LogP contribution in [-0.2, 0) is 0 Å². The molecule has 0 radical (unpaired) electrons. The number of hydrogen-bond donors (Lipinski definition) is 3. The van der Waals surface area contributed by atoms with Crippen molar-refractivity contribution in [3.63, 3.8) is 0 Å². The van der Waals surface area contributed by atoms with Crippen molar-refractivity contribution in [3.8, 4) is 11.5 Å². The topological polar surface area (TPSA) is 75.7 Å². The summed E-state index contributed by atoms with van der Waals surface area (Å²) < 4.78 is 17.7. The van der Waals surface area contributed by atoms with Crippen molar-refractivity contribution in [1.82, 2.24) is 0 Å². The van der Waals surface area contributed by atoms with Crippen molar-refractivity contribution in [1.29, 1.82) is 0 Å². The Balaban J connectivity index is 3.19. The van der Waals surface area contributed by atoms with Crippen LogP contribution in [0.25, 0.3) is 0 Å². The molecule has 0 aliphatic heterocycles. The fourth-order valence-corrected chi connectivity index (χ4v) is 1.12. The molecule has 5 heteroatoms. The molecule has 0 aliphatic rings. The van der Waals surface area contributed by atoms with Crippen LogP contribution in [-0.4, -0.2) is 23.9 Å². The third-order valence-corrected chi connectivity index (χ3v) is 1.90. The Hall–Kier alpha value is -1.33. The Morgan fingerprint density at radius 2 is 2.21 bits per heavy atom. The summed E-state index contributed by atoms with van der Waals surface area (Å²) in [4.78, 5) is 0. The molecule has 0 heterocycles. The van der Waals surface area contributed by atoms with Gasteiger partial charge in [0.05, 0.1) is 19.8 Å². The van der Waals surface area contributed by atoms with Crippen LogP contribution in [0.15, 0.2) is 12.1 Å². The maximum Gasteiger partial charge on any atom is 0.168 e. The summed E-state index contributed by atoms with van der Waals surface area (Å²) in [5.41, 5.74) is 5.90. The Labute approximate surface area is 80.7 Å². The SMILES string of the molecule is COc1cc(F)c(O)cc1C(N)CO. The molecular weight excluding hydrogens is 189 g/mol. The number of nitrogens with two attached hydrogens (primary N) is 1. The number of ether oxygens (including phenoxy) is 1. The number of aliphatic hydroxyl groups excluding tert-OH is 1. The molecule has 0 saturated heterocycles. The van der Waals surface area contributed by atoms with E-state index in [0.717, 1.165) is 12.1 Å². The first-order chi connectivity index (χ1) is 6.60. The molecule has 4 N–H and O–H groups in total. The van der Waals surface area contributed by atoms with Gasteiger partial charge in [-0.1, -0.05) is 0 Å². The molecule has 0 fully saturated rings. The first kappa shape index (κ1) is 10.7. The standard InChI is InChI=1S/C9H12FNO3/c1-14-9-3-6(10)8(13)2-5(9)7(11)4-12/h2-3,7,12-13H,4,11H2,1H3. The third-order valence-electron chi connectivity index (χ3n) is 1.90. The molecule has 0 saturated carbocycles. The van der Waals surface area contributed by atoms with Crippen molar-refractivity contribution in [2.24, 2.45) is 5.73 Å². The van der Waals surface area contributed by atoms with Crippen LogP contribution in [0.1, 0.15) is 11.6 Å². The van der Waals surface area contributed by atoms with Crippen LogP contribution in [0.2, 0.25) is 0 Å². The highest BCUT2D eigenvalue weighted by molar-refractivity contribution is 5.42. The summed E-state index contributed by atoms with van der Waals surface area (Å²) in [5, 5.41) is 17.9. The Morgan fingerprint density at radius 3 is 2.71 bits per heavy atom. The maximum atomic E-state index is 12.9. The van der Waals surface area contributed by atoms with E-state index in [0.29, 0.717) is 5.56 Å². The van der Waals surface area contributed by atoms with Gasteiger partial charge in [-0.2, -0.15) is 0 Å². The summed E-state index contributed by atoms with van der Waals surface area (Å²) in [6.45, 7) is -0.304. The van der Waals surface area contributed by atoms with E-state index >= 15 is 0 Å². The van der Waals surface area contributed by atoms with Crippen LogP contribution >= 0.6 is 0 Å². The van der Waals surface area contributed by atoms with Gasteiger partial charge in [-0.25, -0.2) is 4.39 Å². The predicted octanol–water partition coefficient (Wildman–Crippen LogP) is 0.532. The first-order valence-corrected chi connectivity index (χ1v) is 4.03. The van der Waals surface area contributed by atoms with Crippen molar-refractivity contribution in [2.75, 3.05) is 13.7 Å². The minimum atomic E-state index is -0.782. The molecular formula is C9H12FNO3. The number of phenols is 1. The normalized spacial score (nSPS) is 12.6. The van der Waals surface area contributed by atoms with E-state index in [1.165, 1.54) is 7.11 Å². The predicted molar refractivity (Wildman–Crippen MR) is 48.6 cm³/mol. The van der Waals surface area contributed by atoms with Crippen LogP contribution in [0.5, 0.6) is 11.5 Å². The molecule has 1 aromatic carbocycles. The molecule has 0 aromatic heterocycles. The zero-order valence-electron chi connectivity index (χ0n) is 7.70. The van der Waals surface area contributed by atoms with Gasteiger partial charge in [0.1, 0.15) is 5.75 Å². The lowest BCUT2D eigenvalue weighted by Crippen LogP contribution is -2.15. The fourth-order valence-electron chi connectivity index (χ4n) is 1.12. The minimum Gasteiger partial charge on any atom is -0.505 e. The average Bonchev–Trinajstić information content (AvgIpc) is 2.20. The van der Waals surface area contributed by atoms with E-state index in [-0.39, 0.29) is 12.4 Å². The number of halogens is 1. The number of methoxy groups -OCH3 is 1. The Morgan fingerprint density at radius 1 is 1.57 bits per heavy atom. The van der Waals surface area contributed by atoms with Crippen LogP contribution in [0.3, 0.4) is 0 Å². The molecule has 78 valence electrons. The molecule has 0 aliphatic carbocycles. The van der Waals surface area contributed by atoms with Gasteiger partial charge in [0.2, 0.25) is 0 Å². The molecule has 0 amide bonds. The number of hydrogen-bond acceptors (Lipinski definition) is 4. The molecule has 1 aromatic rings. The van der Waals surface area contributed by atoms with Gasteiger partial charge in [-0.05, 0) is 6.07 Å². The van der Waals surface area contributed by atoms with Gasteiger partial charge in [-0.15, -0.1) is 0 Å². The highest BCUT2D eigenvalue weighted by atomic mass is 19.1. The van der Waals surface area contributed by atoms with Crippen LogP contribution < -0.4 is 10.5 Å². The summed E-state index contributed by atoms with van der Waals surface area (Å²) >= 11 is 0. The van der Waals surface area contributed by atoms with Crippen molar-refractivity contribution in [2.45, 2.75) is 6.04 Å². The number of rotatable bonds is 3. The number of phenolic OH excluding ortho intramolecular Hbond substituents is 1. The van der Waals surface area contributed by atoms with Gasteiger partial charge < -0.3 is 20.7 Å². The van der Waals surface area contributed by atoms with Crippen molar-refractivity contribution >= 4 is 0 Å². The zero-order valence-corrected chi connectivity index (χ0v) is 7.70. The number of benzene rings is 1. The van der Waals surface area contributed by atoms with Gasteiger partial charge >= 0.3 is 0 Å². The van der Waals surface area contributed by atoms with E-state index in [1.807, 2.05) is 0 Å². The first-order valence-electron chi connectivity index (χ1n) is 4.03. The van der Waals surface area contributed by atoms with Gasteiger partial charge in [0.15, 0.2) is 11.6 Å². The molecule has 14 heavy (non-hydrogen) atoms. The number of aromatic hydroxyl groups is 1. The van der Waals surface area contributed by atoms with E-state index in [9.17, 15) is 4.39 Å². The molecule has 1 atom stereocenters. The van der Waals surface area contributed by atoms with E-state index in [1.54, 1.807) is 0 Å². The highest BCUT2D eigenvalue weighted by Crippen LogP contribution is 2.30. The summed E-state index contributed by atoms with van der Waals surface area (Å²) in [5.74, 6) is -1.08. The summed E-state index contributed by atoms with van der Waals surface area (Å²) in [6, 6.07) is 1.48. The van der Waals surface area contributed by atoms with E-state index in [2.05, 4.69) is 0 Å². The highest BCUT2D eigenvalue weighted by Gasteiger charge is 2.14. The minimum absolute atomic E-state index is 0.210. The lowest BCUT2D eigenvalue weighted by molar-refractivity contribution is 0.264. The van der Waals surface area contributed by atoms with Gasteiger partial charge in [0, 0.05) is 11.6 Å². The molecule has 1 unspecified atom stereocenters. The third kappa shape index (κ3) is 1.94. The van der Waals surface area contributed by atoms with E-state index in [4.69, 9.17) is 20.7 Å². The summed E-state index contributed by atoms with van der Waals surface area (Å²) in [7, 11) is 1.36. The smallest absolute Gasteiger partial charge is 0.168 e. The molecule has 1 rings (SSSR count). The molecule has 4 nitrogen and oxygen atoms in total. The molecule has 0 spiro atoms. The van der Waals surface area contributed by atoms with Crippen LogP contribution in [0.4, 0.5) is 4.39 Å². The maximum absolute atomic E-state index is 12.9. The van der Waals surface area contributed by atoms with Gasteiger partial charge in [-0.3, -0.25) is 0 Å². The quantitative estimate of drug-likeness (QED) is 0.666. The van der Waals surface area contributed by atoms with Crippen molar-refractivity contribution in [3.05, 3.63) is 23.5 Å².